The first-order chi connectivity index (χ1) is 10.1. The van der Waals surface area contributed by atoms with E-state index in [1.807, 2.05) is 18.2 Å². The molecule has 2 heterocycles. The Morgan fingerprint density at radius 3 is 2.76 bits per heavy atom. The summed E-state index contributed by atoms with van der Waals surface area (Å²) < 4.78 is 1.26. The molecule has 6 nitrogen and oxygen atoms in total. The number of carbonyl (C=O) groups excluding carboxylic acids is 1. The zero-order valence-electron chi connectivity index (χ0n) is 11.4. The maximum Gasteiger partial charge on any atom is 0.325 e. The normalized spacial score (nSPS) is 13.8. The summed E-state index contributed by atoms with van der Waals surface area (Å²) in [5.74, 6) is -1.09. The maximum absolute atomic E-state index is 12.4. The summed E-state index contributed by atoms with van der Waals surface area (Å²) in [6, 6.07) is 8.09. The van der Waals surface area contributed by atoms with E-state index in [1.54, 1.807) is 4.90 Å². The van der Waals surface area contributed by atoms with E-state index >= 15 is 0 Å². The summed E-state index contributed by atoms with van der Waals surface area (Å²) in [5, 5.41) is 12.6. The van der Waals surface area contributed by atoms with Gasteiger partial charge in [0.25, 0.3) is 5.91 Å². The molecule has 108 valence electrons. The van der Waals surface area contributed by atoms with Gasteiger partial charge in [0.15, 0.2) is 0 Å². The molecule has 0 fully saturated rings. The standard InChI is InChI=1S/C15H15N3O3/c19-14(20)10-18-9-13(7-16-18)15(21)17-6-5-11-3-1-2-4-12(11)8-17/h1-4,7,9H,5-6,8,10H2,(H,19,20). The molecule has 2 aromatic rings. The Hall–Kier alpha value is -2.63. The molecule has 0 saturated carbocycles. The minimum atomic E-state index is -0.982. The highest BCUT2D eigenvalue weighted by Gasteiger charge is 2.22. The number of aromatic nitrogens is 2. The van der Waals surface area contributed by atoms with Gasteiger partial charge in [0.05, 0.1) is 11.8 Å². The molecule has 21 heavy (non-hydrogen) atoms. The van der Waals surface area contributed by atoms with Crippen LogP contribution in [0.15, 0.2) is 36.7 Å². The Morgan fingerprint density at radius 2 is 2.00 bits per heavy atom. The molecule has 1 aliphatic heterocycles. The largest absolute Gasteiger partial charge is 0.480 e. The Bertz CT molecular complexity index is 693. The number of fused-ring (bicyclic) bond motifs is 1. The SMILES string of the molecule is O=C(O)Cn1cc(C(=O)N2CCc3ccccc3C2)cn1. The third kappa shape index (κ3) is 2.79. The molecule has 1 N–H and O–H groups in total. The van der Waals surface area contributed by atoms with Crippen LogP contribution >= 0.6 is 0 Å². The zero-order chi connectivity index (χ0) is 14.8. The molecule has 0 saturated heterocycles. The minimum absolute atomic E-state index is 0.110. The van der Waals surface area contributed by atoms with Crippen LogP contribution in [0, 0.1) is 0 Å². The Morgan fingerprint density at radius 1 is 1.24 bits per heavy atom. The third-order valence-electron chi connectivity index (χ3n) is 3.60. The topological polar surface area (TPSA) is 75.4 Å². The molecule has 0 bridgehead atoms. The van der Waals surface area contributed by atoms with Gasteiger partial charge in [-0.1, -0.05) is 24.3 Å². The second kappa shape index (κ2) is 5.40. The van der Waals surface area contributed by atoms with Gasteiger partial charge >= 0.3 is 5.97 Å². The van der Waals surface area contributed by atoms with Crippen LogP contribution in [0.5, 0.6) is 0 Å². The van der Waals surface area contributed by atoms with Crippen LogP contribution in [0.1, 0.15) is 21.5 Å². The molecule has 0 radical (unpaired) electrons. The van der Waals surface area contributed by atoms with E-state index < -0.39 is 5.97 Å². The molecular weight excluding hydrogens is 270 g/mol. The number of rotatable bonds is 3. The third-order valence-corrected chi connectivity index (χ3v) is 3.60. The molecule has 0 unspecified atom stereocenters. The van der Waals surface area contributed by atoms with Crippen LogP contribution in [-0.2, 0) is 24.3 Å². The molecule has 1 aliphatic rings. The van der Waals surface area contributed by atoms with Crippen LogP contribution in [0.4, 0.5) is 0 Å². The second-order valence-electron chi connectivity index (χ2n) is 5.07. The fourth-order valence-electron chi connectivity index (χ4n) is 2.55. The van der Waals surface area contributed by atoms with Gasteiger partial charge in [-0.3, -0.25) is 14.3 Å². The fraction of sp³-hybridized carbons (Fsp3) is 0.267. The number of carbonyl (C=O) groups is 2. The minimum Gasteiger partial charge on any atom is -0.480 e. The molecular formula is C15H15N3O3. The second-order valence-corrected chi connectivity index (χ2v) is 5.07. The van der Waals surface area contributed by atoms with E-state index in [9.17, 15) is 9.59 Å². The smallest absolute Gasteiger partial charge is 0.325 e. The molecule has 0 spiro atoms. The van der Waals surface area contributed by atoms with Crippen molar-refractivity contribution >= 4 is 11.9 Å². The number of nitrogens with zero attached hydrogens (tertiary/aromatic N) is 3. The number of amides is 1. The van der Waals surface area contributed by atoms with E-state index in [0.29, 0.717) is 18.7 Å². The number of carboxylic acids is 1. The van der Waals surface area contributed by atoms with Crippen LogP contribution in [0.3, 0.4) is 0 Å². The van der Waals surface area contributed by atoms with Gasteiger partial charge in [0.2, 0.25) is 0 Å². The summed E-state index contributed by atoms with van der Waals surface area (Å²) in [7, 11) is 0. The van der Waals surface area contributed by atoms with Crippen LogP contribution in [0.2, 0.25) is 0 Å². The summed E-state index contributed by atoms with van der Waals surface area (Å²) in [6.45, 7) is 1.01. The molecule has 3 rings (SSSR count). The first kappa shape index (κ1) is 13.4. The van der Waals surface area contributed by atoms with Crippen LogP contribution < -0.4 is 0 Å². The first-order valence-corrected chi connectivity index (χ1v) is 6.74. The molecule has 1 aromatic carbocycles. The Kier molecular flexibility index (Phi) is 3.43. The predicted molar refractivity (Wildman–Crippen MR) is 74.7 cm³/mol. The van der Waals surface area contributed by atoms with Gasteiger partial charge in [-0.25, -0.2) is 0 Å². The highest BCUT2D eigenvalue weighted by atomic mass is 16.4. The van der Waals surface area contributed by atoms with Crippen molar-refractivity contribution in [1.82, 2.24) is 14.7 Å². The van der Waals surface area contributed by atoms with Crippen molar-refractivity contribution < 1.29 is 14.7 Å². The Labute approximate surface area is 121 Å². The zero-order valence-corrected chi connectivity index (χ0v) is 11.4. The van der Waals surface area contributed by atoms with Crippen molar-refractivity contribution in [2.24, 2.45) is 0 Å². The van der Waals surface area contributed by atoms with E-state index in [0.717, 1.165) is 12.0 Å². The van der Waals surface area contributed by atoms with Crippen LogP contribution in [-0.4, -0.2) is 38.2 Å². The molecule has 6 heteroatoms. The summed E-state index contributed by atoms with van der Waals surface area (Å²) in [5.41, 5.74) is 2.87. The van der Waals surface area contributed by atoms with E-state index in [-0.39, 0.29) is 12.5 Å². The van der Waals surface area contributed by atoms with E-state index in [2.05, 4.69) is 11.2 Å². The van der Waals surface area contributed by atoms with Crippen molar-refractivity contribution in [1.29, 1.82) is 0 Å². The van der Waals surface area contributed by atoms with E-state index in [4.69, 9.17) is 5.11 Å². The van der Waals surface area contributed by atoms with Crippen LogP contribution in [0.25, 0.3) is 0 Å². The van der Waals surface area contributed by atoms with E-state index in [1.165, 1.54) is 22.6 Å². The number of carboxylic acid groups (broad SMARTS) is 1. The van der Waals surface area contributed by atoms with Crippen molar-refractivity contribution in [2.75, 3.05) is 6.54 Å². The van der Waals surface area contributed by atoms with Gasteiger partial charge in [-0.2, -0.15) is 5.10 Å². The molecule has 0 aliphatic carbocycles. The number of benzene rings is 1. The van der Waals surface area contributed by atoms with Gasteiger partial charge in [-0.05, 0) is 17.5 Å². The van der Waals surface area contributed by atoms with Gasteiger partial charge in [0, 0.05) is 19.3 Å². The average molecular weight is 285 g/mol. The van der Waals surface area contributed by atoms with Gasteiger partial charge in [-0.15, -0.1) is 0 Å². The maximum atomic E-state index is 12.4. The Balaban J connectivity index is 1.74. The number of hydrogen-bond acceptors (Lipinski definition) is 3. The predicted octanol–water partition coefficient (Wildman–Crippen LogP) is 1.17. The average Bonchev–Trinajstić information content (AvgIpc) is 2.93. The quantitative estimate of drug-likeness (QED) is 0.918. The summed E-state index contributed by atoms with van der Waals surface area (Å²) >= 11 is 0. The van der Waals surface area contributed by atoms with Crippen molar-refractivity contribution in [3.63, 3.8) is 0 Å². The molecule has 0 atom stereocenters. The summed E-state index contributed by atoms with van der Waals surface area (Å²) in [4.78, 5) is 24.8. The lowest BCUT2D eigenvalue weighted by Gasteiger charge is -2.28. The van der Waals surface area contributed by atoms with Gasteiger partial charge < -0.3 is 10.0 Å². The molecule has 1 amide bonds. The van der Waals surface area contributed by atoms with Crippen molar-refractivity contribution in [2.45, 2.75) is 19.5 Å². The highest BCUT2D eigenvalue weighted by molar-refractivity contribution is 5.93. The van der Waals surface area contributed by atoms with Gasteiger partial charge in [0.1, 0.15) is 6.54 Å². The number of aliphatic carboxylic acids is 1. The summed E-state index contributed by atoms with van der Waals surface area (Å²) in [6.07, 6.45) is 3.74. The lowest BCUT2D eigenvalue weighted by atomic mass is 9.99. The first-order valence-electron chi connectivity index (χ1n) is 6.74. The number of hydrogen-bond donors (Lipinski definition) is 1. The van der Waals surface area contributed by atoms with Crippen molar-refractivity contribution in [3.8, 4) is 0 Å². The monoisotopic (exact) mass is 285 g/mol. The highest BCUT2D eigenvalue weighted by Crippen LogP contribution is 2.20. The lowest BCUT2D eigenvalue weighted by molar-refractivity contribution is -0.137. The lowest BCUT2D eigenvalue weighted by Crippen LogP contribution is -2.35. The van der Waals surface area contributed by atoms with Crippen molar-refractivity contribution in [3.05, 3.63) is 53.3 Å². The fourth-order valence-corrected chi connectivity index (χ4v) is 2.55. The molecule has 1 aromatic heterocycles.